The molecule has 2 N–H and O–H groups in total. The summed E-state index contributed by atoms with van der Waals surface area (Å²) in [6, 6.07) is 6.47. The average Bonchev–Trinajstić information content (AvgIpc) is 2.15. The first kappa shape index (κ1) is 10.2. The lowest BCUT2D eigenvalue weighted by Crippen LogP contribution is -2.20. The molecule has 0 heterocycles. The summed E-state index contributed by atoms with van der Waals surface area (Å²) in [5, 5.41) is 11.5. The van der Waals surface area contributed by atoms with Gasteiger partial charge in [-0.3, -0.25) is 0 Å². The Labute approximate surface area is 77.4 Å². The van der Waals surface area contributed by atoms with E-state index in [1.807, 2.05) is 0 Å². The third kappa shape index (κ3) is 4.01. The van der Waals surface area contributed by atoms with Crippen molar-refractivity contribution < 1.29 is 9.50 Å². The SMILES string of the molecule is OCCNCCc1ccc(F)cc1. The van der Waals surface area contributed by atoms with Crippen LogP contribution in [0.3, 0.4) is 0 Å². The first-order valence-electron chi connectivity index (χ1n) is 4.39. The summed E-state index contributed by atoms with van der Waals surface area (Å²) in [4.78, 5) is 0. The van der Waals surface area contributed by atoms with E-state index >= 15 is 0 Å². The number of aliphatic hydroxyl groups excluding tert-OH is 1. The van der Waals surface area contributed by atoms with Gasteiger partial charge >= 0.3 is 0 Å². The van der Waals surface area contributed by atoms with Gasteiger partial charge in [0.05, 0.1) is 6.61 Å². The summed E-state index contributed by atoms with van der Waals surface area (Å²) in [6.07, 6.45) is 0.861. The van der Waals surface area contributed by atoms with Crippen LogP contribution < -0.4 is 5.32 Å². The number of hydrogen-bond acceptors (Lipinski definition) is 2. The molecule has 0 fully saturated rings. The molecule has 1 aromatic rings. The van der Waals surface area contributed by atoms with Crippen LogP contribution >= 0.6 is 0 Å². The van der Waals surface area contributed by atoms with Crippen molar-refractivity contribution in [3.8, 4) is 0 Å². The van der Waals surface area contributed by atoms with Gasteiger partial charge in [0.2, 0.25) is 0 Å². The van der Waals surface area contributed by atoms with E-state index in [2.05, 4.69) is 5.32 Å². The molecule has 0 spiro atoms. The quantitative estimate of drug-likeness (QED) is 0.666. The second-order valence-corrected chi connectivity index (χ2v) is 2.85. The standard InChI is InChI=1S/C10H14FNO/c11-10-3-1-9(2-4-10)5-6-12-7-8-13/h1-4,12-13H,5-8H2. The molecule has 0 amide bonds. The van der Waals surface area contributed by atoms with Crippen molar-refractivity contribution in [3.63, 3.8) is 0 Å². The number of rotatable bonds is 5. The smallest absolute Gasteiger partial charge is 0.123 e. The van der Waals surface area contributed by atoms with Gasteiger partial charge in [-0.25, -0.2) is 4.39 Å². The summed E-state index contributed by atoms with van der Waals surface area (Å²) in [7, 11) is 0. The lowest BCUT2D eigenvalue weighted by molar-refractivity contribution is 0.293. The first-order chi connectivity index (χ1) is 6.33. The van der Waals surface area contributed by atoms with Crippen LogP contribution in [0.1, 0.15) is 5.56 Å². The zero-order valence-electron chi connectivity index (χ0n) is 7.46. The molecule has 0 bridgehead atoms. The van der Waals surface area contributed by atoms with Crippen LogP contribution in [0.2, 0.25) is 0 Å². The van der Waals surface area contributed by atoms with Gasteiger partial charge in [-0.2, -0.15) is 0 Å². The van der Waals surface area contributed by atoms with E-state index in [4.69, 9.17) is 5.11 Å². The highest BCUT2D eigenvalue weighted by Gasteiger charge is 1.93. The summed E-state index contributed by atoms with van der Waals surface area (Å²) >= 11 is 0. The van der Waals surface area contributed by atoms with Gasteiger partial charge in [0.25, 0.3) is 0 Å². The Balaban J connectivity index is 2.25. The second-order valence-electron chi connectivity index (χ2n) is 2.85. The van der Waals surface area contributed by atoms with E-state index < -0.39 is 0 Å². The molecule has 13 heavy (non-hydrogen) atoms. The van der Waals surface area contributed by atoms with E-state index in [0.29, 0.717) is 6.54 Å². The number of aliphatic hydroxyl groups is 1. The Bertz CT molecular complexity index is 235. The minimum Gasteiger partial charge on any atom is -0.395 e. The molecule has 0 aliphatic heterocycles. The molecule has 72 valence electrons. The molecule has 0 radical (unpaired) electrons. The molecule has 0 aromatic heterocycles. The Morgan fingerprint density at radius 1 is 1.15 bits per heavy atom. The lowest BCUT2D eigenvalue weighted by Gasteiger charge is -2.02. The van der Waals surface area contributed by atoms with Crippen LogP contribution in [0.15, 0.2) is 24.3 Å². The number of benzene rings is 1. The maximum atomic E-state index is 12.5. The topological polar surface area (TPSA) is 32.3 Å². The van der Waals surface area contributed by atoms with Crippen molar-refractivity contribution in [2.45, 2.75) is 6.42 Å². The lowest BCUT2D eigenvalue weighted by atomic mass is 10.1. The van der Waals surface area contributed by atoms with Crippen molar-refractivity contribution in [2.24, 2.45) is 0 Å². The number of nitrogens with one attached hydrogen (secondary N) is 1. The molecular formula is C10H14FNO. The van der Waals surface area contributed by atoms with Crippen LogP contribution in [0, 0.1) is 5.82 Å². The van der Waals surface area contributed by atoms with E-state index in [9.17, 15) is 4.39 Å². The van der Waals surface area contributed by atoms with Gasteiger partial charge in [-0.05, 0) is 30.7 Å². The van der Waals surface area contributed by atoms with Crippen LogP contribution in [0.4, 0.5) is 4.39 Å². The van der Waals surface area contributed by atoms with E-state index in [0.717, 1.165) is 18.5 Å². The summed E-state index contributed by atoms with van der Waals surface area (Å²) < 4.78 is 12.5. The largest absolute Gasteiger partial charge is 0.395 e. The van der Waals surface area contributed by atoms with Crippen LogP contribution in [0.25, 0.3) is 0 Å². The minimum absolute atomic E-state index is 0.156. The molecule has 1 rings (SSSR count). The van der Waals surface area contributed by atoms with Gasteiger partial charge in [-0.15, -0.1) is 0 Å². The predicted octanol–water partition coefficient (Wildman–Crippen LogP) is 0.950. The summed E-state index contributed by atoms with van der Waals surface area (Å²) in [5.74, 6) is -0.202. The van der Waals surface area contributed by atoms with Crippen molar-refractivity contribution >= 4 is 0 Å². The normalized spacial score (nSPS) is 10.3. The zero-order chi connectivity index (χ0) is 9.52. The Morgan fingerprint density at radius 2 is 1.85 bits per heavy atom. The highest BCUT2D eigenvalue weighted by Crippen LogP contribution is 2.02. The van der Waals surface area contributed by atoms with Gasteiger partial charge in [0, 0.05) is 6.54 Å². The molecule has 0 aliphatic rings. The Hall–Kier alpha value is -0.930. The predicted molar refractivity (Wildman–Crippen MR) is 50.1 cm³/mol. The molecule has 3 heteroatoms. The van der Waals surface area contributed by atoms with E-state index in [1.54, 1.807) is 12.1 Å². The molecule has 2 nitrogen and oxygen atoms in total. The molecule has 0 aliphatic carbocycles. The van der Waals surface area contributed by atoms with Crippen molar-refractivity contribution in [2.75, 3.05) is 19.7 Å². The van der Waals surface area contributed by atoms with E-state index in [-0.39, 0.29) is 12.4 Å². The van der Waals surface area contributed by atoms with Gasteiger partial charge in [0.1, 0.15) is 5.82 Å². The second kappa shape index (κ2) is 5.67. The average molecular weight is 183 g/mol. The monoisotopic (exact) mass is 183 g/mol. The van der Waals surface area contributed by atoms with Gasteiger partial charge in [0.15, 0.2) is 0 Å². The number of hydrogen-bond donors (Lipinski definition) is 2. The molecule has 0 unspecified atom stereocenters. The Morgan fingerprint density at radius 3 is 2.46 bits per heavy atom. The fourth-order valence-electron chi connectivity index (χ4n) is 1.09. The maximum absolute atomic E-state index is 12.5. The third-order valence-corrected chi connectivity index (χ3v) is 1.79. The van der Waals surface area contributed by atoms with Gasteiger partial charge in [-0.1, -0.05) is 12.1 Å². The fraction of sp³-hybridized carbons (Fsp3) is 0.400. The summed E-state index contributed by atoms with van der Waals surface area (Å²) in [5.41, 5.74) is 1.10. The van der Waals surface area contributed by atoms with Crippen molar-refractivity contribution in [3.05, 3.63) is 35.6 Å². The molecule has 0 atom stereocenters. The molecule has 1 aromatic carbocycles. The fourth-order valence-corrected chi connectivity index (χ4v) is 1.09. The highest BCUT2D eigenvalue weighted by atomic mass is 19.1. The van der Waals surface area contributed by atoms with E-state index in [1.165, 1.54) is 12.1 Å². The zero-order valence-corrected chi connectivity index (χ0v) is 7.46. The van der Waals surface area contributed by atoms with Crippen LogP contribution in [-0.2, 0) is 6.42 Å². The van der Waals surface area contributed by atoms with Crippen molar-refractivity contribution in [1.29, 1.82) is 0 Å². The van der Waals surface area contributed by atoms with Gasteiger partial charge < -0.3 is 10.4 Å². The molecular weight excluding hydrogens is 169 g/mol. The molecule has 0 saturated carbocycles. The maximum Gasteiger partial charge on any atom is 0.123 e. The third-order valence-electron chi connectivity index (χ3n) is 1.79. The Kier molecular flexibility index (Phi) is 4.43. The van der Waals surface area contributed by atoms with Crippen LogP contribution in [-0.4, -0.2) is 24.8 Å². The van der Waals surface area contributed by atoms with Crippen LogP contribution in [0.5, 0.6) is 0 Å². The number of halogens is 1. The summed E-state index contributed by atoms with van der Waals surface area (Å²) in [6.45, 7) is 1.58. The molecule has 0 saturated heterocycles. The van der Waals surface area contributed by atoms with Crippen molar-refractivity contribution in [1.82, 2.24) is 5.32 Å². The minimum atomic E-state index is -0.202. The highest BCUT2D eigenvalue weighted by molar-refractivity contribution is 5.16. The first-order valence-corrected chi connectivity index (χ1v) is 4.39.